The van der Waals surface area contributed by atoms with Crippen molar-refractivity contribution in [2.24, 2.45) is 5.92 Å². The zero-order chi connectivity index (χ0) is 20.8. The summed E-state index contributed by atoms with van der Waals surface area (Å²) in [6.07, 6.45) is 7.52. The molecule has 0 bridgehead atoms. The topological polar surface area (TPSA) is 9.23 Å². The predicted molar refractivity (Wildman–Crippen MR) is 128 cm³/mol. The van der Waals surface area contributed by atoms with Gasteiger partial charge in [-0.25, -0.2) is 0 Å². The first-order valence-electron chi connectivity index (χ1n) is 11.6. The standard InChI is InChI=1S/C29H34O/c1-3-4-22-5-9-24(10-6-22)26-13-17-28(18-14-26)29-19-15-27(16-20-29)25-11-7-23(8-12-25)21-30-2/h5-6,9-10,13-20,23,25H,3-4,7-8,11-12,21H2,1-2H3. The van der Waals surface area contributed by atoms with Gasteiger partial charge in [-0.1, -0.05) is 86.1 Å². The normalized spacial score (nSPS) is 19.0. The van der Waals surface area contributed by atoms with E-state index in [1.54, 1.807) is 0 Å². The Morgan fingerprint density at radius 1 is 0.667 bits per heavy atom. The Bertz CT molecular complexity index is 898. The van der Waals surface area contributed by atoms with E-state index >= 15 is 0 Å². The fourth-order valence-corrected chi connectivity index (χ4v) is 4.85. The van der Waals surface area contributed by atoms with Crippen molar-refractivity contribution in [3.8, 4) is 22.3 Å². The fraction of sp³-hybridized carbons (Fsp3) is 0.379. The van der Waals surface area contributed by atoms with Gasteiger partial charge in [-0.15, -0.1) is 0 Å². The van der Waals surface area contributed by atoms with Gasteiger partial charge in [0.2, 0.25) is 0 Å². The van der Waals surface area contributed by atoms with E-state index < -0.39 is 0 Å². The molecule has 0 aliphatic heterocycles. The zero-order valence-corrected chi connectivity index (χ0v) is 18.4. The zero-order valence-electron chi connectivity index (χ0n) is 18.4. The van der Waals surface area contributed by atoms with E-state index in [4.69, 9.17) is 4.74 Å². The Morgan fingerprint density at radius 3 is 1.60 bits per heavy atom. The Kier molecular flexibility index (Phi) is 7.02. The van der Waals surface area contributed by atoms with Crippen LogP contribution in [0.25, 0.3) is 22.3 Å². The van der Waals surface area contributed by atoms with E-state index in [2.05, 4.69) is 79.7 Å². The lowest BCUT2D eigenvalue weighted by Gasteiger charge is -2.28. The average molecular weight is 399 g/mol. The van der Waals surface area contributed by atoms with Crippen molar-refractivity contribution in [1.82, 2.24) is 0 Å². The summed E-state index contributed by atoms with van der Waals surface area (Å²) in [6, 6.07) is 27.3. The minimum absolute atomic E-state index is 0.713. The van der Waals surface area contributed by atoms with E-state index in [1.807, 2.05) is 7.11 Å². The van der Waals surface area contributed by atoms with Crippen molar-refractivity contribution in [1.29, 1.82) is 0 Å². The molecule has 1 heteroatoms. The molecule has 3 aromatic carbocycles. The van der Waals surface area contributed by atoms with Gasteiger partial charge in [0.25, 0.3) is 0 Å². The summed E-state index contributed by atoms with van der Waals surface area (Å²) >= 11 is 0. The van der Waals surface area contributed by atoms with Crippen LogP contribution in [0, 0.1) is 5.92 Å². The average Bonchev–Trinajstić information content (AvgIpc) is 2.81. The second-order valence-corrected chi connectivity index (χ2v) is 8.82. The molecule has 0 amide bonds. The van der Waals surface area contributed by atoms with Crippen LogP contribution < -0.4 is 0 Å². The lowest BCUT2D eigenvalue weighted by atomic mass is 9.79. The van der Waals surface area contributed by atoms with Crippen LogP contribution in [0.4, 0.5) is 0 Å². The molecule has 0 saturated heterocycles. The summed E-state index contributed by atoms with van der Waals surface area (Å²) in [7, 11) is 1.82. The van der Waals surface area contributed by atoms with Crippen LogP contribution in [-0.4, -0.2) is 13.7 Å². The molecular formula is C29H34O. The second kappa shape index (κ2) is 10.1. The molecule has 30 heavy (non-hydrogen) atoms. The Hall–Kier alpha value is -2.38. The molecule has 0 N–H and O–H groups in total. The number of hydrogen-bond donors (Lipinski definition) is 0. The molecule has 3 aromatic rings. The molecule has 0 heterocycles. The molecule has 1 aliphatic carbocycles. The highest BCUT2D eigenvalue weighted by Gasteiger charge is 2.22. The number of methoxy groups -OCH3 is 1. The van der Waals surface area contributed by atoms with E-state index in [0.717, 1.165) is 18.9 Å². The van der Waals surface area contributed by atoms with Crippen molar-refractivity contribution in [3.05, 3.63) is 83.9 Å². The van der Waals surface area contributed by atoms with Gasteiger partial charge in [-0.3, -0.25) is 0 Å². The summed E-state index contributed by atoms with van der Waals surface area (Å²) in [5.41, 5.74) is 8.09. The smallest absolute Gasteiger partial charge is 0.0490 e. The van der Waals surface area contributed by atoms with Gasteiger partial charge in [0.05, 0.1) is 0 Å². The second-order valence-electron chi connectivity index (χ2n) is 8.82. The molecule has 0 spiro atoms. The monoisotopic (exact) mass is 398 g/mol. The minimum atomic E-state index is 0.713. The fourth-order valence-electron chi connectivity index (χ4n) is 4.85. The lowest BCUT2D eigenvalue weighted by Crippen LogP contribution is -2.17. The first kappa shape index (κ1) is 20.9. The molecule has 1 saturated carbocycles. The number of rotatable bonds is 7. The third-order valence-electron chi connectivity index (χ3n) is 6.68. The lowest BCUT2D eigenvalue weighted by molar-refractivity contribution is 0.127. The van der Waals surface area contributed by atoms with Gasteiger partial charge in [-0.05, 0) is 77.3 Å². The van der Waals surface area contributed by atoms with Crippen LogP contribution >= 0.6 is 0 Å². The maximum Gasteiger partial charge on any atom is 0.0490 e. The third kappa shape index (κ3) is 5.02. The van der Waals surface area contributed by atoms with E-state index in [-0.39, 0.29) is 0 Å². The molecule has 0 radical (unpaired) electrons. The van der Waals surface area contributed by atoms with Gasteiger partial charge < -0.3 is 4.74 Å². The molecule has 4 rings (SSSR count). The molecule has 1 fully saturated rings. The van der Waals surface area contributed by atoms with Crippen molar-refractivity contribution < 1.29 is 4.74 Å². The molecule has 1 aliphatic rings. The Balaban J connectivity index is 1.41. The summed E-state index contributed by atoms with van der Waals surface area (Å²) in [6.45, 7) is 3.15. The molecule has 156 valence electrons. The largest absolute Gasteiger partial charge is 0.384 e. The van der Waals surface area contributed by atoms with E-state index in [0.29, 0.717) is 5.92 Å². The van der Waals surface area contributed by atoms with Crippen molar-refractivity contribution >= 4 is 0 Å². The van der Waals surface area contributed by atoms with Crippen molar-refractivity contribution in [2.75, 3.05) is 13.7 Å². The highest BCUT2D eigenvalue weighted by molar-refractivity contribution is 5.70. The molecule has 0 aromatic heterocycles. The summed E-state index contributed by atoms with van der Waals surface area (Å²) in [4.78, 5) is 0. The molecule has 0 atom stereocenters. The van der Waals surface area contributed by atoms with Crippen LogP contribution in [0.15, 0.2) is 72.8 Å². The first-order chi connectivity index (χ1) is 14.8. The third-order valence-corrected chi connectivity index (χ3v) is 6.68. The van der Waals surface area contributed by atoms with Gasteiger partial charge >= 0.3 is 0 Å². The summed E-state index contributed by atoms with van der Waals surface area (Å²) < 4.78 is 5.34. The Labute approximate surface area is 182 Å². The number of ether oxygens (including phenoxy) is 1. The summed E-state index contributed by atoms with van der Waals surface area (Å²) in [5.74, 6) is 1.47. The highest BCUT2D eigenvalue weighted by Crippen LogP contribution is 2.36. The van der Waals surface area contributed by atoms with Crippen molar-refractivity contribution in [3.63, 3.8) is 0 Å². The van der Waals surface area contributed by atoms with Crippen LogP contribution in [0.1, 0.15) is 56.1 Å². The molecular weight excluding hydrogens is 364 g/mol. The van der Waals surface area contributed by atoms with Crippen LogP contribution in [0.2, 0.25) is 0 Å². The van der Waals surface area contributed by atoms with Gasteiger partial charge in [0.1, 0.15) is 0 Å². The number of benzene rings is 3. The maximum atomic E-state index is 5.34. The first-order valence-corrected chi connectivity index (χ1v) is 11.6. The van der Waals surface area contributed by atoms with Crippen LogP contribution in [0.3, 0.4) is 0 Å². The number of aryl methyl sites for hydroxylation is 1. The SMILES string of the molecule is CCCc1ccc(-c2ccc(-c3ccc(C4CCC(COC)CC4)cc3)cc2)cc1. The molecule has 1 nitrogen and oxygen atoms in total. The Morgan fingerprint density at radius 2 is 1.13 bits per heavy atom. The molecule has 0 unspecified atom stereocenters. The van der Waals surface area contributed by atoms with E-state index in [9.17, 15) is 0 Å². The van der Waals surface area contributed by atoms with Crippen LogP contribution in [0.5, 0.6) is 0 Å². The van der Waals surface area contributed by atoms with Crippen molar-refractivity contribution in [2.45, 2.75) is 51.4 Å². The maximum absolute atomic E-state index is 5.34. The highest BCUT2D eigenvalue weighted by atomic mass is 16.5. The van der Waals surface area contributed by atoms with Crippen LogP contribution in [-0.2, 0) is 11.2 Å². The minimum Gasteiger partial charge on any atom is -0.384 e. The van der Waals surface area contributed by atoms with Gasteiger partial charge in [0.15, 0.2) is 0 Å². The number of hydrogen-bond acceptors (Lipinski definition) is 1. The van der Waals surface area contributed by atoms with E-state index in [1.165, 1.54) is 65.5 Å². The predicted octanol–water partition coefficient (Wildman–Crippen LogP) is 7.89. The van der Waals surface area contributed by atoms with Gasteiger partial charge in [0, 0.05) is 13.7 Å². The summed E-state index contributed by atoms with van der Waals surface area (Å²) in [5, 5.41) is 0. The van der Waals surface area contributed by atoms with Gasteiger partial charge in [-0.2, -0.15) is 0 Å². The quantitative estimate of drug-likeness (QED) is 0.393.